The van der Waals surface area contributed by atoms with Crippen LogP contribution in [0.4, 0.5) is 5.69 Å². The first-order valence-electron chi connectivity index (χ1n) is 15.8. The fourth-order valence-electron chi connectivity index (χ4n) is 7.70. The van der Waals surface area contributed by atoms with E-state index in [1.54, 1.807) is 26.9 Å². The summed E-state index contributed by atoms with van der Waals surface area (Å²) in [7, 11) is 0. The highest BCUT2D eigenvalue weighted by Gasteiger charge is 2.75. The topological polar surface area (TPSA) is 90.4 Å². The van der Waals surface area contributed by atoms with E-state index in [-0.39, 0.29) is 30.9 Å². The molecule has 8 nitrogen and oxygen atoms in total. The average molecular weight is 600 g/mol. The Balaban J connectivity index is 1.62. The summed E-state index contributed by atoms with van der Waals surface area (Å²) in [6.07, 6.45) is 5.13. The molecule has 5 rings (SSSR count). The predicted octanol–water partition coefficient (Wildman–Crippen LogP) is 4.23. The van der Waals surface area contributed by atoms with Crippen molar-refractivity contribution >= 4 is 23.4 Å². The van der Waals surface area contributed by atoms with Gasteiger partial charge in [-0.15, -0.1) is 13.2 Å². The summed E-state index contributed by atoms with van der Waals surface area (Å²) in [4.78, 5) is 48.8. The molecule has 3 aliphatic rings. The van der Waals surface area contributed by atoms with Crippen LogP contribution in [0, 0.1) is 25.7 Å². The van der Waals surface area contributed by atoms with Crippen molar-refractivity contribution < 1.29 is 24.2 Å². The smallest absolute Gasteiger partial charge is 0.253 e. The number of rotatable bonds is 13. The highest BCUT2D eigenvalue weighted by atomic mass is 16.5. The minimum absolute atomic E-state index is 0.134. The van der Waals surface area contributed by atoms with Gasteiger partial charge in [-0.2, -0.15) is 0 Å². The molecule has 0 radical (unpaired) electrons. The second-order valence-corrected chi connectivity index (χ2v) is 12.4. The van der Waals surface area contributed by atoms with Crippen molar-refractivity contribution in [2.45, 2.75) is 70.2 Å². The third-order valence-corrected chi connectivity index (χ3v) is 9.56. The summed E-state index contributed by atoms with van der Waals surface area (Å²) in [6.45, 7) is 14.5. The van der Waals surface area contributed by atoms with Crippen molar-refractivity contribution in [2.24, 2.45) is 11.8 Å². The highest BCUT2D eigenvalue weighted by Crippen LogP contribution is 2.59. The number of nitrogens with zero attached hydrogens (tertiary/aromatic N) is 3. The summed E-state index contributed by atoms with van der Waals surface area (Å²) in [5.41, 5.74) is 2.43. The van der Waals surface area contributed by atoms with E-state index >= 15 is 0 Å². The van der Waals surface area contributed by atoms with Crippen LogP contribution >= 0.6 is 0 Å². The van der Waals surface area contributed by atoms with E-state index in [0.29, 0.717) is 32.4 Å². The fraction of sp³-hybridized carbons (Fsp3) is 0.472. The van der Waals surface area contributed by atoms with Gasteiger partial charge in [0, 0.05) is 25.3 Å². The molecule has 44 heavy (non-hydrogen) atoms. The molecule has 3 heterocycles. The van der Waals surface area contributed by atoms with Gasteiger partial charge in [0.25, 0.3) is 5.91 Å². The molecule has 3 amide bonds. The quantitative estimate of drug-likeness (QED) is 0.348. The van der Waals surface area contributed by atoms with Crippen LogP contribution in [0.25, 0.3) is 0 Å². The van der Waals surface area contributed by atoms with Crippen LogP contribution in [0.5, 0.6) is 0 Å². The van der Waals surface area contributed by atoms with Gasteiger partial charge in [-0.1, -0.05) is 61.5 Å². The maximum Gasteiger partial charge on any atom is 0.253 e. The number of amides is 3. The summed E-state index contributed by atoms with van der Waals surface area (Å²) >= 11 is 0. The van der Waals surface area contributed by atoms with Crippen LogP contribution in [-0.2, 0) is 25.5 Å². The van der Waals surface area contributed by atoms with Crippen LogP contribution < -0.4 is 4.90 Å². The number of anilines is 1. The number of aliphatic hydroxyl groups excluding tert-OH is 1. The van der Waals surface area contributed by atoms with Crippen LogP contribution in [0.3, 0.4) is 0 Å². The van der Waals surface area contributed by atoms with E-state index in [9.17, 15) is 19.5 Å². The van der Waals surface area contributed by atoms with Gasteiger partial charge < -0.3 is 24.5 Å². The first kappa shape index (κ1) is 31.7. The van der Waals surface area contributed by atoms with Gasteiger partial charge in [0.1, 0.15) is 11.6 Å². The summed E-state index contributed by atoms with van der Waals surface area (Å²) in [5, 5.41) is 10.8. The normalized spacial score (nSPS) is 25.9. The maximum absolute atomic E-state index is 15.0. The lowest BCUT2D eigenvalue weighted by atomic mass is 9.70. The van der Waals surface area contributed by atoms with Crippen molar-refractivity contribution in [1.29, 1.82) is 0 Å². The van der Waals surface area contributed by atoms with Crippen molar-refractivity contribution in [3.8, 4) is 0 Å². The molecule has 6 atom stereocenters. The lowest BCUT2D eigenvalue weighted by Crippen LogP contribution is -2.59. The molecule has 8 heteroatoms. The molecule has 3 fully saturated rings. The molecule has 234 valence electrons. The summed E-state index contributed by atoms with van der Waals surface area (Å²) in [5.74, 6) is -2.24. The van der Waals surface area contributed by atoms with Gasteiger partial charge in [0.05, 0.1) is 30.6 Å². The van der Waals surface area contributed by atoms with E-state index in [0.717, 1.165) is 28.8 Å². The molecule has 2 aromatic rings. The Morgan fingerprint density at radius 2 is 1.84 bits per heavy atom. The van der Waals surface area contributed by atoms with Gasteiger partial charge in [-0.3, -0.25) is 14.4 Å². The molecule has 3 aliphatic heterocycles. The largest absolute Gasteiger partial charge is 0.394 e. The number of ether oxygens (including phenoxy) is 1. The van der Waals surface area contributed by atoms with E-state index in [4.69, 9.17) is 4.74 Å². The first-order valence-corrected chi connectivity index (χ1v) is 15.8. The maximum atomic E-state index is 15.0. The number of carbonyl (C=O) groups excluding carboxylic acids is 3. The number of hydrogen-bond acceptors (Lipinski definition) is 5. The average Bonchev–Trinajstić information content (AvgIpc) is 3.67. The minimum atomic E-state index is -1.17. The fourth-order valence-corrected chi connectivity index (χ4v) is 7.70. The van der Waals surface area contributed by atoms with Crippen LogP contribution in [0.15, 0.2) is 73.8 Å². The standard InChI is InChI=1S/C36H45N3O5/c1-6-18-37(19-7-2)33(41)30-29-16-17-36(44-29)31(30)34(42)39(27(23-40)22-26-12-10-9-11-13-26)32(36)35(43)38(20-8-3)28-21-24(4)14-15-25(28)5/h6,8-15,21,27,29-32,40H,1,3,7,16-20,22-23H2,2,4-5H3/t27-,29-,30+,31+,32?,36?/m1/s1. The number of benzene rings is 2. The lowest BCUT2D eigenvalue weighted by molar-refractivity contribution is -0.147. The monoisotopic (exact) mass is 599 g/mol. The number of aryl methyl sites for hydroxylation is 2. The molecule has 0 saturated carbocycles. The molecule has 2 aromatic carbocycles. The van der Waals surface area contributed by atoms with Crippen LogP contribution in [-0.4, -0.2) is 82.7 Å². The molecule has 2 unspecified atom stereocenters. The molecule has 2 bridgehead atoms. The Morgan fingerprint density at radius 3 is 2.50 bits per heavy atom. The first-order chi connectivity index (χ1) is 21.2. The van der Waals surface area contributed by atoms with E-state index < -0.39 is 35.6 Å². The highest BCUT2D eigenvalue weighted by molar-refractivity contribution is 6.05. The second kappa shape index (κ2) is 13.1. The third kappa shape index (κ3) is 5.39. The van der Waals surface area contributed by atoms with Gasteiger partial charge in [0.15, 0.2) is 0 Å². The lowest BCUT2D eigenvalue weighted by Gasteiger charge is -2.39. The zero-order valence-corrected chi connectivity index (χ0v) is 26.2. The van der Waals surface area contributed by atoms with Gasteiger partial charge in [-0.05, 0) is 62.3 Å². The third-order valence-electron chi connectivity index (χ3n) is 9.56. The Kier molecular flexibility index (Phi) is 9.42. The number of carbonyl (C=O) groups is 3. The molecular weight excluding hydrogens is 554 g/mol. The molecule has 0 aliphatic carbocycles. The Hall–Kier alpha value is -3.75. The van der Waals surface area contributed by atoms with E-state index in [1.165, 1.54) is 0 Å². The number of fused-ring (bicyclic) bond motifs is 1. The molecular formula is C36H45N3O5. The molecule has 1 N–H and O–H groups in total. The van der Waals surface area contributed by atoms with E-state index in [2.05, 4.69) is 13.2 Å². The summed E-state index contributed by atoms with van der Waals surface area (Å²) < 4.78 is 6.73. The zero-order chi connectivity index (χ0) is 31.6. The Labute approximate surface area is 261 Å². The molecule has 3 saturated heterocycles. The van der Waals surface area contributed by atoms with Crippen LogP contribution in [0.1, 0.15) is 42.9 Å². The minimum Gasteiger partial charge on any atom is -0.394 e. The van der Waals surface area contributed by atoms with Gasteiger partial charge in [0.2, 0.25) is 11.8 Å². The second-order valence-electron chi connectivity index (χ2n) is 12.4. The van der Waals surface area contributed by atoms with Crippen molar-refractivity contribution in [1.82, 2.24) is 9.80 Å². The predicted molar refractivity (Wildman–Crippen MR) is 171 cm³/mol. The molecule has 0 aromatic heterocycles. The van der Waals surface area contributed by atoms with Gasteiger partial charge in [-0.25, -0.2) is 0 Å². The number of likely N-dealkylation sites (tertiary alicyclic amines) is 1. The number of aliphatic hydroxyl groups is 1. The van der Waals surface area contributed by atoms with Crippen molar-refractivity contribution in [3.63, 3.8) is 0 Å². The van der Waals surface area contributed by atoms with Gasteiger partial charge >= 0.3 is 0 Å². The van der Waals surface area contributed by atoms with Crippen molar-refractivity contribution in [3.05, 3.63) is 90.5 Å². The Bertz CT molecular complexity index is 1410. The zero-order valence-electron chi connectivity index (χ0n) is 26.2. The summed E-state index contributed by atoms with van der Waals surface area (Å²) in [6, 6.07) is 13.9. The Morgan fingerprint density at radius 1 is 1.11 bits per heavy atom. The van der Waals surface area contributed by atoms with Crippen LogP contribution in [0.2, 0.25) is 0 Å². The number of hydrogen-bond donors (Lipinski definition) is 1. The SMILES string of the molecule is C=CCN(CCC)C(=O)[C@@H]1[C@H]2C(=O)N([C@@H](CO)Cc3ccccc3)C(C(=O)N(CC=C)c3cc(C)ccc3C)C23CC[C@H]1O3. The molecule has 1 spiro atoms. The van der Waals surface area contributed by atoms with Crippen molar-refractivity contribution in [2.75, 3.05) is 31.1 Å². The van der Waals surface area contributed by atoms with E-state index in [1.807, 2.05) is 69.3 Å².